The van der Waals surface area contributed by atoms with Crippen molar-refractivity contribution in [3.05, 3.63) is 41.1 Å². The molecule has 3 heterocycles. The number of para-hydroxylation sites is 1. The SMILES string of the molecule is CSc1ncc2c(n1)N(C)C(=O)N(C1CCNc3c(C)cccc31)C2. The summed E-state index contributed by atoms with van der Waals surface area (Å²) < 4.78 is 0. The van der Waals surface area contributed by atoms with E-state index in [2.05, 4.69) is 40.4 Å². The lowest BCUT2D eigenvalue weighted by Gasteiger charge is -2.41. The standard InChI is InChI=1S/C18H21N5OS/c1-11-5-4-6-13-14(7-8-19-15(11)13)23-10-12-9-20-17(25-3)21-16(12)22(2)18(23)24/h4-6,9,14,19H,7-8,10H2,1-3H3. The van der Waals surface area contributed by atoms with E-state index in [0.29, 0.717) is 11.7 Å². The van der Waals surface area contributed by atoms with E-state index in [4.69, 9.17) is 0 Å². The van der Waals surface area contributed by atoms with Crippen LogP contribution in [0.25, 0.3) is 0 Å². The summed E-state index contributed by atoms with van der Waals surface area (Å²) in [6, 6.07) is 6.35. The number of benzene rings is 1. The lowest BCUT2D eigenvalue weighted by molar-refractivity contribution is 0.169. The summed E-state index contributed by atoms with van der Waals surface area (Å²) >= 11 is 1.48. The number of aromatic nitrogens is 2. The third kappa shape index (κ3) is 2.63. The number of anilines is 2. The van der Waals surface area contributed by atoms with Crippen LogP contribution in [0.1, 0.15) is 29.2 Å². The number of hydrogen-bond donors (Lipinski definition) is 1. The molecule has 1 aromatic heterocycles. The van der Waals surface area contributed by atoms with E-state index >= 15 is 0 Å². The largest absolute Gasteiger partial charge is 0.384 e. The van der Waals surface area contributed by atoms with Crippen molar-refractivity contribution in [3.63, 3.8) is 0 Å². The summed E-state index contributed by atoms with van der Waals surface area (Å²) in [7, 11) is 1.79. The van der Waals surface area contributed by atoms with Crippen molar-refractivity contribution in [3.8, 4) is 0 Å². The third-order valence-electron chi connectivity index (χ3n) is 4.95. The molecule has 0 fully saturated rings. The lowest BCUT2D eigenvalue weighted by Crippen LogP contribution is -2.48. The fourth-order valence-electron chi connectivity index (χ4n) is 3.68. The first kappa shape index (κ1) is 16.2. The number of carbonyl (C=O) groups excluding carboxylic acids is 1. The van der Waals surface area contributed by atoms with Gasteiger partial charge < -0.3 is 10.2 Å². The molecule has 0 saturated carbocycles. The fraction of sp³-hybridized carbons (Fsp3) is 0.389. The van der Waals surface area contributed by atoms with Crippen molar-refractivity contribution in [1.82, 2.24) is 14.9 Å². The molecule has 1 atom stereocenters. The van der Waals surface area contributed by atoms with Crippen LogP contribution in [0.2, 0.25) is 0 Å². The highest BCUT2D eigenvalue weighted by atomic mass is 32.2. The van der Waals surface area contributed by atoms with Gasteiger partial charge >= 0.3 is 6.03 Å². The lowest BCUT2D eigenvalue weighted by atomic mass is 9.93. The van der Waals surface area contributed by atoms with E-state index in [-0.39, 0.29) is 12.1 Å². The molecule has 1 N–H and O–H groups in total. The van der Waals surface area contributed by atoms with Gasteiger partial charge in [-0.05, 0) is 30.7 Å². The molecule has 2 aliphatic rings. The second kappa shape index (κ2) is 6.22. The molecular weight excluding hydrogens is 334 g/mol. The Morgan fingerprint density at radius 1 is 1.36 bits per heavy atom. The van der Waals surface area contributed by atoms with Crippen LogP contribution in [0, 0.1) is 6.92 Å². The summed E-state index contributed by atoms with van der Waals surface area (Å²) in [6.45, 7) is 3.52. The van der Waals surface area contributed by atoms with Gasteiger partial charge in [0.05, 0.1) is 12.6 Å². The average Bonchev–Trinajstić information content (AvgIpc) is 2.64. The van der Waals surface area contributed by atoms with Gasteiger partial charge in [0.2, 0.25) is 0 Å². The quantitative estimate of drug-likeness (QED) is 0.660. The van der Waals surface area contributed by atoms with E-state index in [1.54, 1.807) is 11.9 Å². The van der Waals surface area contributed by atoms with Crippen molar-refractivity contribution < 1.29 is 4.79 Å². The van der Waals surface area contributed by atoms with Gasteiger partial charge in [-0.15, -0.1) is 0 Å². The number of aryl methyl sites for hydroxylation is 1. The molecule has 25 heavy (non-hydrogen) atoms. The van der Waals surface area contributed by atoms with E-state index in [1.165, 1.54) is 22.9 Å². The second-order valence-corrected chi connectivity index (χ2v) is 7.22. The summed E-state index contributed by atoms with van der Waals surface area (Å²) in [5.74, 6) is 0.721. The zero-order valence-electron chi connectivity index (χ0n) is 14.6. The minimum atomic E-state index is -0.00221. The molecule has 7 heteroatoms. The van der Waals surface area contributed by atoms with Crippen LogP contribution in [0.15, 0.2) is 29.6 Å². The van der Waals surface area contributed by atoms with Crippen LogP contribution in [0.3, 0.4) is 0 Å². The van der Waals surface area contributed by atoms with Gasteiger partial charge in [0.1, 0.15) is 5.82 Å². The molecule has 0 saturated heterocycles. The maximum Gasteiger partial charge on any atom is 0.326 e. The predicted octanol–water partition coefficient (Wildman–Crippen LogP) is 3.44. The van der Waals surface area contributed by atoms with Gasteiger partial charge in [0, 0.05) is 31.0 Å². The van der Waals surface area contributed by atoms with Crippen LogP contribution in [0.4, 0.5) is 16.3 Å². The molecule has 6 nitrogen and oxygen atoms in total. The molecule has 1 aromatic carbocycles. The topological polar surface area (TPSA) is 61.4 Å². The molecule has 2 aromatic rings. The van der Waals surface area contributed by atoms with Crippen molar-refractivity contribution in [1.29, 1.82) is 0 Å². The normalized spacial score (nSPS) is 19.3. The number of nitrogens with zero attached hydrogens (tertiary/aromatic N) is 4. The van der Waals surface area contributed by atoms with Crippen molar-refractivity contribution in [2.24, 2.45) is 0 Å². The fourth-order valence-corrected chi connectivity index (χ4v) is 4.02. The second-order valence-electron chi connectivity index (χ2n) is 6.45. The van der Waals surface area contributed by atoms with E-state index < -0.39 is 0 Å². The summed E-state index contributed by atoms with van der Waals surface area (Å²) in [4.78, 5) is 25.5. The smallest absolute Gasteiger partial charge is 0.326 e. The van der Waals surface area contributed by atoms with E-state index in [0.717, 1.165) is 30.0 Å². The average molecular weight is 355 g/mol. The predicted molar refractivity (Wildman–Crippen MR) is 100 cm³/mol. The molecule has 2 aliphatic heterocycles. The third-order valence-corrected chi connectivity index (χ3v) is 5.51. The van der Waals surface area contributed by atoms with Gasteiger partial charge in [0.25, 0.3) is 0 Å². The summed E-state index contributed by atoms with van der Waals surface area (Å²) in [6.07, 6.45) is 4.68. The highest BCUT2D eigenvalue weighted by Crippen LogP contribution is 2.39. The first-order chi connectivity index (χ1) is 12.1. The van der Waals surface area contributed by atoms with E-state index in [9.17, 15) is 4.79 Å². The zero-order valence-corrected chi connectivity index (χ0v) is 15.4. The number of carbonyl (C=O) groups is 1. The van der Waals surface area contributed by atoms with Gasteiger partial charge in [-0.1, -0.05) is 30.0 Å². The number of rotatable bonds is 2. The maximum absolute atomic E-state index is 13.0. The molecule has 2 amide bonds. The number of nitrogens with one attached hydrogen (secondary N) is 1. The van der Waals surface area contributed by atoms with Gasteiger partial charge in [-0.3, -0.25) is 4.90 Å². The Morgan fingerprint density at radius 3 is 3.00 bits per heavy atom. The Hall–Kier alpha value is -2.28. The number of fused-ring (bicyclic) bond motifs is 2. The summed E-state index contributed by atoms with van der Waals surface area (Å²) in [5, 5.41) is 4.17. The van der Waals surface area contributed by atoms with Crippen molar-refractivity contribution in [2.45, 2.75) is 31.1 Å². The van der Waals surface area contributed by atoms with Crippen LogP contribution < -0.4 is 10.2 Å². The summed E-state index contributed by atoms with van der Waals surface area (Å²) in [5.41, 5.74) is 4.56. The Kier molecular flexibility index (Phi) is 4.03. The minimum absolute atomic E-state index is 0.00221. The number of thioether (sulfide) groups is 1. The Morgan fingerprint density at radius 2 is 2.20 bits per heavy atom. The highest BCUT2D eigenvalue weighted by molar-refractivity contribution is 7.98. The Bertz CT molecular complexity index is 840. The number of hydrogen-bond acceptors (Lipinski definition) is 5. The molecular formula is C18H21N5OS. The van der Waals surface area contributed by atoms with Crippen LogP contribution in [-0.2, 0) is 6.54 Å². The van der Waals surface area contributed by atoms with Crippen molar-refractivity contribution in [2.75, 3.05) is 30.1 Å². The van der Waals surface area contributed by atoms with Crippen LogP contribution in [-0.4, -0.2) is 40.7 Å². The molecule has 0 radical (unpaired) electrons. The van der Waals surface area contributed by atoms with Gasteiger partial charge in [0.15, 0.2) is 5.16 Å². The maximum atomic E-state index is 13.0. The van der Waals surface area contributed by atoms with E-state index in [1.807, 2.05) is 17.4 Å². The molecule has 1 unspecified atom stereocenters. The molecule has 0 bridgehead atoms. The monoisotopic (exact) mass is 355 g/mol. The Balaban J connectivity index is 1.73. The minimum Gasteiger partial charge on any atom is -0.384 e. The number of amides is 2. The zero-order chi connectivity index (χ0) is 17.6. The molecule has 0 aliphatic carbocycles. The molecule has 130 valence electrons. The number of urea groups is 1. The van der Waals surface area contributed by atoms with Gasteiger partial charge in [-0.25, -0.2) is 14.8 Å². The first-order valence-electron chi connectivity index (χ1n) is 8.37. The molecule has 4 rings (SSSR count). The molecule has 0 spiro atoms. The van der Waals surface area contributed by atoms with Gasteiger partial charge in [-0.2, -0.15) is 0 Å². The van der Waals surface area contributed by atoms with Crippen LogP contribution >= 0.6 is 11.8 Å². The van der Waals surface area contributed by atoms with Crippen molar-refractivity contribution >= 4 is 29.3 Å². The first-order valence-corrected chi connectivity index (χ1v) is 9.60. The van der Waals surface area contributed by atoms with Crippen LogP contribution in [0.5, 0.6) is 0 Å². The highest BCUT2D eigenvalue weighted by Gasteiger charge is 2.36. The Labute approximate surface area is 151 Å².